The quantitative estimate of drug-likeness (QED) is 0.926. The molecule has 2 heterocycles. The van der Waals surface area contributed by atoms with Crippen LogP contribution in [0.1, 0.15) is 5.56 Å². The van der Waals surface area contributed by atoms with Gasteiger partial charge in [-0.3, -0.25) is 9.88 Å². The molecule has 0 spiro atoms. The molecule has 20 heavy (non-hydrogen) atoms. The molecule has 0 bridgehead atoms. The molecule has 1 aliphatic rings. The topological polar surface area (TPSA) is 37.4 Å². The van der Waals surface area contributed by atoms with E-state index in [1.165, 1.54) is 5.56 Å². The fourth-order valence-electron chi connectivity index (χ4n) is 2.31. The molecule has 2 aromatic rings. The number of aromatic nitrogens is 1. The monoisotopic (exact) mass is 269 g/mol. The number of hydrogen-bond donors (Lipinski definition) is 1. The molecule has 0 aliphatic carbocycles. The summed E-state index contributed by atoms with van der Waals surface area (Å²) in [6, 6.07) is 12.5. The Labute approximate surface area is 119 Å². The molecule has 1 N–H and O–H groups in total. The molecule has 1 aromatic heterocycles. The molecule has 0 saturated carbocycles. The summed E-state index contributed by atoms with van der Waals surface area (Å²) in [4.78, 5) is 6.52. The minimum atomic E-state index is 0.848. The Kier molecular flexibility index (Phi) is 4.25. The highest BCUT2D eigenvalue weighted by Crippen LogP contribution is 2.17. The SMILES string of the molecule is c1cncc(Nc2ccc(CN3CCOCC3)cc2)c1. The summed E-state index contributed by atoms with van der Waals surface area (Å²) in [5.74, 6) is 0. The minimum Gasteiger partial charge on any atom is -0.379 e. The van der Waals surface area contributed by atoms with E-state index in [0.717, 1.165) is 44.2 Å². The van der Waals surface area contributed by atoms with Crippen LogP contribution in [0.5, 0.6) is 0 Å². The van der Waals surface area contributed by atoms with Crippen LogP contribution in [0.3, 0.4) is 0 Å². The second kappa shape index (κ2) is 6.50. The molecular weight excluding hydrogens is 250 g/mol. The Balaban J connectivity index is 1.59. The van der Waals surface area contributed by atoms with Crippen molar-refractivity contribution in [1.29, 1.82) is 0 Å². The lowest BCUT2D eigenvalue weighted by Crippen LogP contribution is -2.35. The number of nitrogens with one attached hydrogen (secondary N) is 1. The van der Waals surface area contributed by atoms with Crippen molar-refractivity contribution < 1.29 is 4.74 Å². The molecule has 0 amide bonds. The van der Waals surface area contributed by atoms with Crippen LogP contribution in [0.4, 0.5) is 11.4 Å². The van der Waals surface area contributed by atoms with Gasteiger partial charge in [0.05, 0.1) is 25.1 Å². The van der Waals surface area contributed by atoms with Crippen molar-refractivity contribution in [3.8, 4) is 0 Å². The summed E-state index contributed by atoms with van der Waals surface area (Å²) in [5, 5.41) is 3.34. The van der Waals surface area contributed by atoms with Crippen LogP contribution in [-0.4, -0.2) is 36.2 Å². The summed E-state index contributed by atoms with van der Waals surface area (Å²) in [7, 11) is 0. The van der Waals surface area contributed by atoms with Gasteiger partial charge in [0.15, 0.2) is 0 Å². The Hall–Kier alpha value is -1.91. The second-order valence-electron chi connectivity index (χ2n) is 4.95. The third-order valence-corrected chi connectivity index (χ3v) is 3.41. The number of hydrogen-bond acceptors (Lipinski definition) is 4. The first-order chi connectivity index (χ1) is 9.90. The van der Waals surface area contributed by atoms with E-state index in [1.54, 1.807) is 6.20 Å². The van der Waals surface area contributed by atoms with E-state index in [9.17, 15) is 0 Å². The first kappa shape index (κ1) is 13.1. The van der Waals surface area contributed by atoms with Gasteiger partial charge < -0.3 is 10.1 Å². The van der Waals surface area contributed by atoms with Gasteiger partial charge in [-0.05, 0) is 29.8 Å². The zero-order chi connectivity index (χ0) is 13.6. The molecule has 3 rings (SSSR count). The van der Waals surface area contributed by atoms with Crippen LogP contribution in [0.25, 0.3) is 0 Å². The van der Waals surface area contributed by atoms with E-state index in [4.69, 9.17) is 4.74 Å². The van der Waals surface area contributed by atoms with E-state index < -0.39 is 0 Å². The maximum Gasteiger partial charge on any atom is 0.0594 e. The largest absolute Gasteiger partial charge is 0.379 e. The standard InChI is InChI=1S/C16H19N3O/c1-2-16(12-17-7-1)18-15-5-3-14(4-6-15)13-19-8-10-20-11-9-19/h1-7,12,18H,8-11,13H2. The van der Waals surface area contributed by atoms with Crippen molar-refractivity contribution in [2.24, 2.45) is 0 Å². The number of rotatable bonds is 4. The molecule has 1 aliphatic heterocycles. The summed E-state index contributed by atoms with van der Waals surface area (Å²) < 4.78 is 5.37. The fraction of sp³-hybridized carbons (Fsp3) is 0.312. The average molecular weight is 269 g/mol. The van der Waals surface area contributed by atoms with E-state index in [-0.39, 0.29) is 0 Å². The maximum atomic E-state index is 5.37. The Morgan fingerprint density at radius 1 is 1.05 bits per heavy atom. The van der Waals surface area contributed by atoms with Crippen LogP contribution in [0.15, 0.2) is 48.8 Å². The van der Waals surface area contributed by atoms with Crippen LogP contribution in [0.2, 0.25) is 0 Å². The number of morpholine rings is 1. The van der Waals surface area contributed by atoms with Crippen molar-refractivity contribution in [3.05, 3.63) is 54.4 Å². The van der Waals surface area contributed by atoms with Gasteiger partial charge in [-0.2, -0.15) is 0 Å². The molecule has 0 radical (unpaired) electrons. The van der Waals surface area contributed by atoms with Crippen molar-refractivity contribution in [1.82, 2.24) is 9.88 Å². The van der Waals surface area contributed by atoms with E-state index >= 15 is 0 Å². The van der Waals surface area contributed by atoms with Gasteiger partial charge in [-0.15, -0.1) is 0 Å². The average Bonchev–Trinajstić information content (AvgIpc) is 2.51. The predicted molar refractivity (Wildman–Crippen MR) is 80.1 cm³/mol. The summed E-state index contributed by atoms with van der Waals surface area (Å²) in [6.07, 6.45) is 3.60. The van der Waals surface area contributed by atoms with E-state index in [1.807, 2.05) is 18.3 Å². The lowest BCUT2D eigenvalue weighted by Gasteiger charge is -2.26. The lowest BCUT2D eigenvalue weighted by atomic mass is 10.2. The number of anilines is 2. The lowest BCUT2D eigenvalue weighted by molar-refractivity contribution is 0.0342. The molecule has 0 atom stereocenters. The highest BCUT2D eigenvalue weighted by molar-refractivity contribution is 5.58. The molecule has 4 heteroatoms. The minimum absolute atomic E-state index is 0.848. The summed E-state index contributed by atoms with van der Waals surface area (Å²) >= 11 is 0. The first-order valence-electron chi connectivity index (χ1n) is 6.96. The van der Waals surface area contributed by atoms with Crippen LogP contribution in [-0.2, 0) is 11.3 Å². The van der Waals surface area contributed by atoms with Gasteiger partial charge in [0.1, 0.15) is 0 Å². The molecule has 4 nitrogen and oxygen atoms in total. The molecule has 1 saturated heterocycles. The van der Waals surface area contributed by atoms with E-state index in [2.05, 4.69) is 39.5 Å². The molecule has 1 aromatic carbocycles. The van der Waals surface area contributed by atoms with Crippen molar-refractivity contribution in [2.45, 2.75) is 6.54 Å². The van der Waals surface area contributed by atoms with Crippen LogP contribution < -0.4 is 5.32 Å². The molecule has 104 valence electrons. The summed E-state index contributed by atoms with van der Waals surface area (Å²) in [6.45, 7) is 4.74. The maximum absolute atomic E-state index is 5.37. The van der Waals surface area contributed by atoms with Crippen molar-refractivity contribution in [3.63, 3.8) is 0 Å². The van der Waals surface area contributed by atoms with Gasteiger partial charge in [-0.1, -0.05) is 12.1 Å². The number of ether oxygens (including phenoxy) is 1. The van der Waals surface area contributed by atoms with Crippen molar-refractivity contribution in [2.75, 3.05) is 31.6 Å². The normalized spacial score (nSPS) is 16.0. The van der Waals surface area contributed by atoms with Gasteiger partial charge >= 0.3 is 0 Å². The molecular formula is C16H19N3O. The smallest absolute Gasteiger partial charge is 0.0594 e. The number of benzene rings is 1. The number of nitrogens with zero attached hydrogens (tertiary/aromatic N) is 2. The van der Waals surface area contributed by atoms with Gasteiger partial charge in [0.25, 0.3) is 0 Å². The Morgan fingerprint density at radius 2 is 1.85 bits per heavy atom. The molecule has 0 unspecified atom stereocenters. The zero-order valence-electron chi connectivity index (χ0n) is 11.5. The molecule has 1 fully saturated rings. The summed E-state index contributed by atoms with van der Waals surface area (Å²) in [5.41, 5.74) is 3.43. The predicted octanol–water partition coefficient (Wildman–Crippen LogP) is 2.66. The number of pyridine rings is 1. The first-order valence-corrected chi connectivity index (χ1v) is 6.96. The highest BCUT2D eigenvalue weighted by atomic mass is 16.5. The van der Waals surface area contributed by atoms with E-state index in [0.29, 0.717) is 0 Å². The second-order valence-corrected chi connectivity index (χ2v) is 4.95. The van der Waals surface area contributed by atoms with Crippen molar-refractivity contribution >= 4 is 11.4 Å². The third-order valence-electron chi connectivity index (χ3n) is 3.41. The Morgan fingerprint density at radius 3 is 2.55 bits per heavy atom. The zero-order valence-corrected chi connectivity index (χ0v) is 11.5. The van der Waals surface area contributed by atoms with Crippen LogP contribution >= 0.6 is 0 Å². The van der Waals surface area contributed by atoms with Gasteiger partial charge in [0, 0.05) is 31.5 Å². The fourth-order valence-corrected chi connectivity index (χ4v) is 2.31. The van der Waals surface area contributed by atoms with Gasteiger partial charge in [0.2, 0.25) is 0 Å². The third kappa shape index (κ3) is 3.56. The van der Waals surface area contributed by atoms with Crippen LogP contribution in [0, 0.1) is 0 Å². The Bertz CT molecular complexity index is 521. The van der Waals surface area contributed by atoms with Gasteiger partial charge in [-0.25, -0.2) is 0 Å². The highest BCUT2D eigenvalue weighted by Gasteiger charge is 2.10.